The van der Waals surface area contributed by atoms with Gasteiger partial charge in [-0.25, -0.2) is 0 Å². The fraction of sp³-hybridized carbons (Fsp3) is 0.591. The molecule has 2 aliphatic carbocycles. The first-order chi connectivity index (χ1) is 12.1. The number of hydrogen-bond donors (Lipinski definition) is 1. The molecule has 0 aromatic heterocycles. The van der Waals surface area contributed by atoms with Crippen LogP contribution < -0.4 is 5.32 Å². The number of allylic oxidation sites excluding steroid dienone is 1. The monoisotopic (exact) mass is 339 g/mol. The van der Waals surface area contributed by atoms with Gasteiger partial charge in [0.2, 0.25) is 0 Å². The van der Waals surface area contributed by atoms with Crippen LogP contribution in [0.25, 0.3) is 0 Å². The molecule has 4 rings (SSSR count). The molecule has 2 fully saturated rings. The van der Waals surface area contributed by atoms with E-state index < -0.39 is 0 Å². The van der Waals surface area contributed by atoms with Gasteiger partial charge in [-0.05, 0) is 36.2 Å². The van der Waals surface area contributed by atoms with Crippen LogP contribution in [-0.4, -0.2) is 18.6 Å². The van der Waals surface area contributed by atoms with Gasteiger partial charge in [0.05, 0.1) is 5.92 Å². The quantitative estimate of drug-likeness (QED) is 0.663. The highest BCUT2D eigenvalue weighted by Crippen LogP contribution is 2.53. The van der Waals surface area contributed by atoms with Crippen molar-refractivity contribution in [2.45, 2.75) is 52.2 Å². The van der Waals surface area contributed by atoms with E-state index in [9.17, 15) is 4.79 Å². The van der Waals surface area contributed by atoms with Gasteiger partial charge in [-0.15, -0.1) is 0 Å². The number of carbonyl (C=O) groups excluding carboxylic acids is 1. The van der Waals surface area contributed by atoms with Crippen molar-refractivity contribution in [3.05, 3.63) is 47.5 Å². The minimum Gasteiger partial charge on any atom is -0.461 e. The van der Waals surface area contributed by atoms with Crippen molar-refractivity contribution in [3.63, 3.8) is 0 Å². The van der Waals surface area contributed by atoms with Crippen LogP contribution in [0.4, 0.5) is 0 Å². The van der Waals surface area contributed by atoms with Gasteiger partial charge in [-0.3, -0.25) is 4.79 Å². The van der Waals surface area contributed by atoms with Gasteiger partial charge in [0.25, 0.3) is 0 Å². The van der Waals surface area contributed by atoms with E-state index in [0.29, 0.717) is 12.5 Å². The zero-order valence-corrected chi connectivity index (χ0v) is 15.3. The standard InChI is InChI=1S/C22H29NO2/c1-15-7-6-10-22(2)12-20-17(11-19(15)22)18(21(24)25-20)14-23-13-16-8-4-3-5-9-16/h3-5,8-9,11,15,17-18,20,23H,6-7,10,12-14H2,1-2H3/t15-,17+,18+,20-,22+/m1/s1. The lowest BCUT2D eigenvalue weighted by Gasteiger charge is -2.46. The van der Waals surface area contributed by atoms with Gasteiger partial charge in [0.1, 0.15) is 6.10 Å². The Kier molecular flexibility index (Phi) is 4.45. The minimum absolute atomic E-state index is 0.0117. The van der Waals surface area contributed by atoms with E-state index in [-0.39, 0.29) is 29.3 Å². The number of hydrogen-bond acceptors (Lipinski definition) is 3. The van der Waals surface area contributed by atoms with Crippen molar-refractivity contribution < 1.29 is 9.53 Å². The molecule has 134 valence electrons. The Hall–Kier alpha value is -1.61. The summed E-state index contributed by atoms with van der Waals surface area (Å²) in [4.78, 5) is 12.5. The molecule has 0 spiro atoms. The Labute approximate surface area is 150 Å². The first-order valence-electron chi connectivity index (χ1n) is 9.74. The molecule has 3 heteroatoms. The Morgan fingerprint density at radius 2 is 2.08 bits per heavy atom. The lowest BCUT2D eigenvalue weighted by molar-refractivity contribution is -0.145. The van der Waals surface area contributed by atoms with Gasteiger partial charge in [0, 0.05) is 19.0 Å². The molecule has 5 atom stereocenters. The van der Waals surface area contributed by atoms with E-state index >= 15 is 0 Å². The second-order valence-corrected chi connectivity index (χ2v) is 8.46. The Balaban J connectivity index is 1.47. The summed E-state index contributed by atoms with van der Waals surface area (Å²) >= 11 is 0. The number of rotatable bonds is 4. The lowest BCUT2D eigenvalue weighted by Crippen LogP contribution is -2.40. The summed E-state index contributed by atoms with van der Waals surface area (Å²) in [5.41, 5.74) is 3.08. The van der Waals surface area contributed by atoms with Crippen LogP contribution in [0.5, 0.6) is 0 Å². The fourth-order valence-corrected chi connectivity index (χ4v) is 5.25. The molecule has 3 aliphatic rings. The van der Waals surface area contributed by atoms with Gasteiger partial charge >= 0.3 is 5.97 Å². The van der Waals surface area contributed by atoms with E-state index in [2.05, 4.69) is 37.4 Å². The largest absolute Gasteiger partial charge is 0.461 e. The first-order valence-corrected chi connectivity index (χ1v) is 9.74. The van der Waals surface area contributed by atoms with E-state index in [1.807, 2.05) is 18.2 Å². The number of fused-ring (bicyclic) bond motifs is 2. The predicted molar refractivity (Wildman–Crippen MR) is 98.8 cm³/mol. The molecule has 1 saturated carbocycles. The average Bonchev–Trinajstić information content (AvgIpc) is 2.88. The van der Waals surface area contributed by atoms with Crippen LogP contribution >= 0.6 is 0 Å². The SMILES string of the molecule is C[C@@H]1CCC[C@@]2(C)C[C@H]3OC(=O)[C@@H](CNCc4ccccc4)[C@@H]3C=C12. The Morgan fingerprint density at radius 3 is 2.88 bits per heavy atom. The van der Waals surface area contributed by atoms with Crippen molar-refractivity contribution in [1.29, 1.82) is 0 Å². The van der Waals surface area contributed by atoms with Crippen LogP contribution in [-0.2, 0) is 16.1 Å². The second kappa shape index (κ2) is 6.60. The molecule has 1 aromatic carbocycles. The highest BCUT2D eigenvalue weighted by molar-refractivity contribution is 5.76. The summed E-state index contributed by atoms with van der Waals surface area (Å²) < 4.78 is 5.81. The zero-order chi connectivity index (χ0) is 17.4. The normalized spacial score (nSPS) is 37.0. The molecule has 0 amide bonds. The first kappa shape index (κ1) is 16.8. The van der Waals surface area contributed by atoms with Gasteiger partial charge < -0.3 is 10.1 Å². The molecule has 25 heavy (non-hydrogen) atoms. The number of benzene rings is 1. The maximum Gasteiger partial charge on any atom is 0.311 e. The van der Waals surface area contributed by atoms with Crippen molar-refractivity contribution in [3.8, 4) is 0 Å². The van der Waals surface area contributed by atoms with Crippen molar-refractivity contribution in [2.75, 3.05) is 6.54 Å². The fourth-order valence-electron chi connectivity index (χ4n) is 5.25. The topological polar surface area (TPSA) is 38.3 Å². The van der Waals surface area contributed by atoms with Crippen molar-refractivity contribution in [1.82, 2.24) is 5.32 Å². The molecular formula is C22H29NO2. The van der Waals surface area contributed by atoms with Gasteiger partial charge in [-0.1, -0.05) is 62.2 Å². The van der Waals surface area contributed by atoms with Crippen LogP contribution in [0.3, 0.4) is 0 Å². The molecule has 0 bridgehead atoms. The summed E-state index contributed by atoms with van der Waals surface area (Å²) in [6.07, 6.45) is 7.33. The summed E-state index contributed by atoms with van der Waals surface area (Å²) in [7, 11) is 0. The molecular weight excluding hydrogens is 310 g/mol. The van der Waals surface area contributed by atoms with Crippen molar-refractivity contribution in [2.24, 2.45) is 23.2 Å². The molecule has 1 heterocycles. The lowest BCUT2D eigenvalue weighted by atomic mass is 9.59. The Bertz CT molecular complexity index is 668. The molecule has 1 N–H and O–H groups in total. The number of ether oxygens (including phenoxy) is 1. The maximum absolute atomic E-state index is 12.5. The highest BCUT2D eigenvalue weighted by Gasteiger charge is 2.51. The van der Waals surface area contributed by atoms with E-state index in [0.717, 1.165) is 13.0 Å². The van der Waals surface area contributed by atoms with Crippen molar-refractivity contribution >= 4 is 5.97 Å². The zero-order valence-electron chi connectivity index (χ0n) is 15.3. The molecule has 1 aliphatic heterocycles. The van der Waals surface area contributed by atoms with E-state index in [4.69, 9.17) is 4.74 Å². The smallest absolute Gasteiger partial charge is 0.311 e. The van der Waals surface area contributed by atoms with E-state index in [1.54, 1.807) is 5.57 Å². The number of carbonyl (C=O) groups is 1. The third-order valence-corrected chi connectivity index (χ3v) is 6.62. The average molecular weight is 339 g/mol. The van der Waals surface area contributed by atoms with Crippen LogP contribution in [0.1, 0.15) is 45.1 Å². The number of esters is 1. The van der Waals surface area contributed by atoms with Gasteiger partial charge in [-0.2, -0.15) is 0 Å². The summed E-state index contributed by atoms with van der Waals surface area (Å²) in [5, 5.41) is 3.47. The van der Waals surface area contributed by atoms with Crippen LogP contribution in [0, 0.1) is 23.2 Å². The minimum atomic E-state index is -0.0418. The molecule has 0 unspecified atom stereocenters. The molecule has 3 nitrogen and oxygen atoms in total. The van der Waals surface area contributed by atoms with Crippen LogP contribution in [0.2, 0.25) is 0 Å². The molecule has 1 saturated heterocycles. The van der Waals surface area contributed by atoms with Crippen LogP contribution in [0.15, 0.2) is 42.0 Å². The molecule has 0 radical (unpaired) electrons. The van der Waals surface area contributed by atoms with E-state index in [1.165, 1.54) is 24.8 Å². The number of nitrogens with one attached hydrogen (secondary N) is 1. The summed E-state index contributed by atoms with van der Waals surface area (Å²) in [5.74, 6) is 0.843. The molecule has 1 aromatic rings. The Morgan fingerprint density at radius 1 is 1.28 bits per heavy atom. The predicted octanol–water partition coefficient (Wildman–Crippen LogP) is 4.09. The third-order valence-electron chi connectivity index (χ3n) is 6.62. The third kappa shape index (κ3) is 3.15. The highest BCUT2D eigenvalue weighted by atomic mass is 16.6. The second-order valence-electron chi connectivity index (χ2n) is 8.46. The maximum atomic E-state index is 12.5. The summed E-state index contributed by atoms with van der Waals surface area (Å²) in [6.45, 7) is 6.22. The summed E-state index contributed by atoms with van der Waals surface area (Å²) in [6, 6.07) is 10.3. The van der Waals surface area contributed by atoms with Gasteiger partial charge in [0.15, 0.2) is 0 Å².